The van der Waals surface area contributed by atoms with Crippen molar-refractivity contribution in [2.45, 2.75) is 37.3 Å². The minimum atomic E-state index is 0. The van der Waals surface area contributed by atoms with Crippen LogP contribution in [0.5, 0.6) is 0 Å². The predicted octanol–water partition coefficient (Wildman–Crippen LogP) is 5.66. The molecule has 30 heavy (non-hydrogen) atoms. The molecule has 0 aliphatic carbocycles. The van der Waals surface area contributed by atoms with Crippen molar-refractivity contribution in [2.24, 2.45) is 0 Å². The summed E-state index contributed by atoms with van der Waals surface area (Å²) in [6.45, 7) is 7.86. The molecule has 0 aliphatic rings. The number of carbonyl (C=O) groups is 1. The van der Waals surface area contributed by atoms with Crippen LogP contribution in [0, 0.1) is 6.92 Å². The Kier molecular flexibility index (Phi) is 9.16. The van der Waals surface area contributed by atoms with Crippen molar-refractivity contribution in [3.05, 3.63) is 53.6 Å². The largest absolute Gasteiger partial charge is 0.308 e. The maximum atomic E-state index is 13.2. The van der Waals surface area contributed by atoms with Gasteiger partial charge in [-0.1, -0.05) is 49.4 Å². The smallest absolute Gasteiger partial charge is 0.233 e. The average molecular weight is 464 g/mol. The molecular weight excluding hydrogens is 434 g/mol. The lowest BCUT2D eigenvalue weighted by atomic mass is 10.1. The van der Waals surface area contributed by atoms with Crippen LogP contribution in [0.1, 0.15) is 25.0 Å². The van der Waals surface area contributed by atoms with Crippen molar-refractivity contribution in [3.8, 4) is 0 Å². The number of halogens is 1. The first-order valence-corrected chi connectivity index (χ1v) is 11.6. The van der Waals surface area contributed by atoms with Crippen LogP contribution in [0.2, 0.25) is 0 Å². The Hall–Kier alpha value is -1.60. The zero-order valence-corrected chi connectivity index (χ0v) is 20.7. The van der Waals surface area contributed by atoms with E-state index in [2.05, 4.69) is 62.1 Å². The highest BCUT2D eigenvalue weighted by Gasteiger charge is 2.20. The predicted molar refractivity (Wildman–Crippen MR) is 134 cm³/mol. The Morgan fingerprint density at radius 1 is 1.10 bits per heavy atom. The molecule has 7 heteroatoms. The topological polar surface area (TPSA) is 36.4 Å². The second-order valence-electron chi connectivity index (χ2n) is 7.75. The summed E-state index contributed by atoms with van der Waals surface area (Å²) in [5, 5.41) is 1.33. The molecule has 162 valence electrons. The summed E-state index contributed by atoms with van der Waals surface area (Å²) in [5.41, 5.74) is 3.17. The number of likely N-dealkylation sites (N-methyl/N-ethyl adjacent to an activating group) is 1. The Balaban J connectivity index is 0.00000320. The van der Waals surface area contributed by atoms with E-state index in [1.807, 2.05) is 36.8 Å². The Bertz CT molecular complexity index is 970. The number of nitrogens with zero attached hydrogens (tertiary/aromatic N) is 3. The molecule has 0 saturated heterocycles. The molecule has 0 bridgehead atoms. The van der Waals surface area contributed by atoms with Gasteiger partial charge < -0.3 is 4.90 Å². The summed E-state index contributed by atoms with van der Waals surface area (Å²) in [6.07, 6.45) is 0.384. The van der Waals surface area contributed by atoms with Gasteiger partial charge in [-0.2, -0.15) is 0 Å². The zero-order chi connectivity index (χ0) is 21.0. The number of anilines is 1. The van der Waals surface area contributed by atoms with Crippen LogP contribution in [-0.2, 0) is 11.2 Å². The molecule has 0 unspecified atom stereocenters. The van der Waals surface area contributed by atoms with Gasteiger partial charge >= 0.3 is 0 Å². The molecule has 1 aromatic heterocycles. The maximum absolute atomic E-state index is 13.2. The van der Waals surface area contributed by atoms with Gasteiger partial charge in [-0.25, -0.2) is 4.98 Å². The number of thiazole rings is 1. The van der Waals surface area contributed by atoms with Crippen molar-refractivity contribution in [3.63, 3.8) is 0 Å². The number of thioether (sulfide) groups is 1. The molecule has 0 saturated carbocycles. The van der Waals surface area contributed by atoms with E-state index in [0.29, 0.717) is 18.2 Å². The number of hydrogen-bond acceptors (Lipinski definition) is 5. The van der Waals surface area contributed by atoms with Gasteiger partial charge in [0, 0.05) is 23.2 Å². The van der Waals surface area contributed by atoms with Crippen LogP contribution in [0.25, 0.3) is 10.2 Å². The Labute approximate surface area is 194 Å². The standard InChI is InChI=1S/C23H29N3OS2.ClH/c1-16(2)28-19-11-9-18(10-12-19)15-21(27)26(14-13-25(4)5)23-24-22-17(3)7-6-8-20(22)29-23;/h6-12,16H,13-15H2,1-5H3;1H. The monoisotopic (exact) mass is 463 g/mol. The molecule has 0 aliphatic heterocycles. The van der Waals surface area contributed by atoms with Gasteiger partial charge in [-0.3, -0.25) is 9.69 Å². The van der Waals surface area contributed by atoms with E-state index in [1.54, 1.807) is 11.3 Å². The number of para-hydroxylation sites is 1. The lowest BCUT2D eigenvalue weighted by Gasteiger charge is -2.22. The number of hydrogen-bond donors (Lipinski definition) is 0. The minimum Gasteiger partial charge on any atom is -0.308 e. The van der Waals surface area contributed by atoms with E-state index < -0.39 is 0 Å². The van der Waals surface area contributed by atoms with Gasteiger partial charge in [0.1, 0.15) is 0 Å². The van der Waals surface area contributed by atoms with Gasteiger partial charge in [0.15, 0.2) is 5.13 Å². The van der Waals surface area contributed by atoms with Crippen LogP contribution in [0.4, 0.5) is 5.13 Å². The number of rotatable bonds is 8. The number of fused-ring (bicyclic) bond motifs is 1. The van der Waals surface area contributed by atoms with Crippen molar-refractivity contribution in [1.82, 2.24) is 9.88 Å². The molecule has 0 spiro atoms. The molecule has 0 radical (unpaired) electrons. The van der Waals surface area contributed by atoms with Crippen molar-refractivity contribution in [2.75, 3.05) is 32.1 Å². The number of amides is 1. The first-order chi connectivity index (χ1) is 13.8. The number of aromatic nitrogens is 1. The van der Waals surface area contributed by atoms with Gasteiger partial charge in [0.25, 0.3) is 0 Å². The first kappa shape index (κ1) is 24.7. The maximum Gasteiger partial charge on any atom is 0.233 e. The second kappa shape index (κ2) is 11.1. The fourth-order valence-corrected chi connectivity index (χ4v) is 4.97. The van der Waals surface area contributed by atoms with E-state index in [-0.39, 0.29) is 18.3 Å². The third-order valence-electron chi connectivity index (χ3n) is 4.56. The number of benzene rings is 2. The normalized spacial score (nSPS) is 11.2. The quantitative estimate of drug-likeness (QED) is 0.403. The highest BCUT2D eigenvalue weighted by atomic mass is 35.5. The minimum absolute atomic E-state index is 0. The summed E-state index contributed by atoms with van der Waals surface area (Å²) in [5.74, 6) is 0.0906. The molecule has 4 nitrogen and oxygen atoms in total. The summed E-state index contributed by atoms with van der Waals surface area (Å²) >= 11 is 3.43. The highest BCUT2D eigenvalue weighted by molar-refractivity contribution is 7.99. The average Bonchev–Trinajstić information content (AvgIpc) is 3.08. The van der Waals surface area contributed by atoms with Crippen molar-refractivity contribution in [1.29, 1.82) is 0 Å². The fraction of sp³-hybridized carbons (Fsp3) is 0.391. The molecule has 1 amide bonds. The summed E-state index contributed by atoms with van der Waals surface area (Å²) in [4.78, 5) is 23.2. The van der Waals surface area contributed by atoms with Crippen LogP contribution in [0.3, 0.4) is 0 Å². The van der Waals surface area contributed by atoms with Crippen LogP contribution in [-0.4, -0.2) is 48.2 Å². The van der Waals surface area contributed by atoms with E-state index in [0.717, 1.165) is 33.0 Å². The van der Waals surface area contributed by atoms with Gasteiger partial charge in [-0.15, -0.1) is 24.2 Å². The summed E-state index contributed by atoms with van der Waals surface area (Å²) in [6, 6.07) is 14.5. The first-order valence-electron chi connectivity index (χ1n) is 9.90. The highest BCUT2D eigenvalue weighted by Crippen LogP contribution is 2.31. The lowest BCUT2D eigenvalue weighted by molar-refractivity contribution is -0.118. The van der Waals surface area contributed by atoms with Crippen molar-refractivity contribution < 1.29 is 4.79 Å². The third-order valence-corrected chi connectivity index (χ3v) is 6.62. The molecule has 2 aromatic carbocycles. The van der Waals surface area contributed by atoms with Crippen molar-refractivity contribution >= 4 is 56.8 Å². The summed E-state index contributed by atoms with van der Waals surface area (Å²) < 4.78 is 1.12. The second-order valence-corrected chi connectivity index (χ2v) is 10.4. The molecule has 1 heterocycles. The fourth-order valence-electron chi connectivity index (χ4n) is 3.05. The van der Waals surface area contributed by atoms with Crippen LogP contribution in [0.15, 0.2) is 47.4 Å². The lowest BCUT2D eigenvalue weighted by Crippen LogP contribution is -2.37. The van der Waals surface area contributed by atoms with Gasteiger partial charge in [0.2, 0.25) is 5.91 Å². The van der Waals surface area contributed by atoms with Gasteiger partial charge in [0.05, 0.1) is 16.6 Å². The van der Waals surface area contributed by atoms with Crippen LogP contribution < -0.4 is 4.90 Å². The van der Waals surface area contributed by atoms with E-state index in [4.69, 9.17) is 4.98 Å². The van der Waals surface area contributed by atoms with E-state index >= 15 is 0 Å². The molecule has 3 rings (SSSR count). The number of carbonyl (C=O) groups excluding carboxylic acids is 1. The SMILES string of the molecule is Cc1cccc2sc(N(CCN(C)C)C(=O)Cc3ccc(SC(C)C)cc3)nc12.Cl. The summed E-state index contributed by atoms with van der Waals surface area (Å²) in [7, 11) is 4.05. The zero-order valence-electron chi connectivity index (χ0n) is 18.2. The third kappa shape index (κ3) is 6.45. The van der Waals surface area contributed by atoms with Crippen LogP contribution >= 0.6 is 35.5 Å². The Morgan fingerprint density at radius 2 is 1.80 bits per heavy atom. The molecular formula is C23H30ClN3OS2. The Morgan fingerprint density at radius 3 is 2.40 bits per heavy atom. The molecule has 0 atom stereocenters. The van der Waals surface area contributed by atoms with Gasteiger partial charge in [-0.05, 0) is 50.3 Å². The number of aryl methyl sites for hydroxylation is 1. The molecule has 0 N–H and O–H groups in total. The molecule has 3 aromatic rings. The van der Waals surface area contributed by atoms with E-state index in [9.17, 15) is 4.79 Å². The molecule has 0 fully saturated rings. The van der Waals surface area contributed by atoms with E-state index in [1.165, 1.54) is 4.90 Å².